The van der Waals surface area contributed by atoms with E-state index in [1.54, 1.807) is 11.1 Å². The van der Waals surface area contributed by atoms with Crippen molar-refractivity contribution >= 4 is 11.7 Å². The van der Waals surface area contributed by atoms with Crippen LogP contribution in [0.25, 0.3) is 0 Å². The molecule has 0 atom stereocenters. The SMILES string of the molecule is CCN(C(=O)c1cc(F)ccc1Oc1cncnc1N1CC2(CC(Oc3cccc4c3CNCC4)C2)C1)C(C)C. The van der Waals surface area contributed by atoms with E-state index >= 15 is 0 Å². The van der Waals surface area contributed by atoms with Gasteiger partial charge in [-0.25, -0.2) is 14.4 Å². The Morgan fingerprint density at radius 1 is 1.20 bits per heavy atom. The van der Waals surface area contributed by atoms with Gasteiger partial charge in [0.15, 0.2) is 11.6 Å². The van der Waals surface area contributed by atoms with Crippen LogP contribution in [0.3, 0.4) is 0 Å². The average Bonchev–Trinajstić information content (AvgIpc) is 2.91. The summed E-state index contributed by atoms with van der Waals surface area (Å²) in [6.45, 7) is 9.86. The molecule has 1 amide bonds. The van der Waals surface area contributed by atoms with Crippen LogP contribution in [0.2, 0.25) is 0 Å². The molecule has 0 radical (unpaired) electrons. The van der Waals surface area contributed by atoms with Gasteiger partial charge in [0, 0.05) is 43.2 Å². The average molecular weight is 546 g/mol. The molecule has 1 N–H and O–H groups in total. The number of nitrogens with one attached hydrogen (secondary N) is 1. The van der Waals surface area contributed by atoms with Gasteiger partial charge in [0.2, 0.25) is 0 Å². The van der Waals surface area contributed by atoms with Gasteiger partial charge in [0.05, 0.1) is 11.8 Å². The minimum atomic E-state index is -0.487. The number of halogens is 1. The number of benzene rings is 2. The molecule has 1 aromatic heterocycles. The summed E-state index contributed by atoms with van der Waals surface area (Å²) >= 11 is 0. The Labute approximate surface area is 234 Å². The van der Waals surface area contributed by atoms with Crippen LogP contribution in [0, 0.1) is 11.2 Å². The molecule has 0 bridgehead atoms. The summed E-state index contributed by atoms with van der Waals surface area (Å²) in [6, 6.07) is 10.4. The minimum absolute atomic E-state index is 0.0271. The van der Waals surface area contributed by atoms with E-state index in [0.29, 0.717) is 18.1 Å². The number of hydrogen-bond acceptors (Lipinski definition) is 7. The first-order valence-corrected chi connectivity index (χ1v) is 14.2. The van der Waals surface area contributed by atoms with Crippen molar-refractivity contribution in [2.24, 2.45) is 5.41 Å². The molecule has 3 aromatic rings. The lowest BCUT2D eigenvalue weighted by atomic mass is 9.61. The molecule has 1 saturated heterocycles. The van der Waals surface area contributed by atoms with E-state index in [1.807, 2.05) is 20.8 Å². The first-order chi connectivity index (χ1) is 19.4. The molecule has 2 aromatic carbocycles. The molecule has 1 aliphatic carbocycles. The van der Waals surface area contributed by atoms with E-state index in [-0.39, 0.29) is 34.8 Å². The van der Waals surface area contributed by atoms with Crippen LogP contribution in [0.4, 0.5) is 10.2 Å². The summed E-state index contributed by atoms with van der Waals surface area (Å²) in [6.07, 6.45) is 6.36. The van der Waals surface area contributed by atoms with E-state index in [4.69, 9.17) is 9.47 Å². The van der Waals surface area contributed by atoms with Crippen LogP contribution in [-0.4, -0.2) is 59.1 Å². The van der Waals surface area contributed by atoms with Gasteiger partial charge < -0.3 is 24.6 Å². The second kappa shape index (κ2) is 10.7. The summed E-state index contributed by atoms with van der Waals surface area (Å²) in [7, 11) is 0. The van der Waals surface area contributed by atoms with Crippen molar-refractivity contribution in [2.75, 3.05) is 31.1 Å². The second-order valence-electron chi connectivity index (χ2n) is 11.5. The molecule has 6 rings (SSSR count). The topological polar surface area (TPSA) is 79.8 Å². The zero-order chi connectivity index (χ0) is 27.9. The van der Waals surface area contributed by atoms with Crippen LogP contribution >= 0.6 is 0 Å². The molecular weight excluding hydrogens is 509 g/mol. The summed E-state index contributed by atoms with van der Waals surface area (Å²) < 4.78 is 26.8. The van der Waals surface area contributed by atoms with E-state index < -0.39 is 5.82 Å². The third-order valence-electron chi connectivity index (χ3n) is 8.35. The lowest BCUT2D eigenvalue weighted by molar-refractivity contribution is -0.0349. The van der Waals surface area contributed by atoms with Crippen LogP contribution in [0.1, 0.15) is 55.1 Å². The number of nitrogens with zero attached hydrogens (tertiary/aromatic N) is 4. The standard InChI is InChI=1S/C31H36FN5O3/c1-4-37(20(2)3)30(38)24-12-22(32)8-9-27(24)40-28-16-34-19-35-29(28)36-17-31(18-36)13-23(14-31)39-26-7-5-6-21-10-11-33-15-25(21)26/h5-9,12,16,19-20,23,33H,4,10-11,13-15,17-18H2,1-3H3. The highest BCUT2D eigenvalue weighted by Gasteiger charge is 2.54. The number of aromatic nitrogens is 2. The second-order valence-corrected chi connectivity index (χ2v) is 11.5. The molecular formula is C31H36FN5O3. The maximum atomic E-state index is 14.2. The van der Waals surface area contributed by atoms with Gasteiger partial charge in [0.25, 0.3) is 5.91 Å². The first kappa shape index (κ1) is 26.5. The monoisotopic (exact) mass is 545 g/mol. The number of carbonyl (C=O) groups excluding carboxylic acids is 1. The van der Waals surface area contributed by atoms with Crippen molar-refractivity contribution in [3.63, 3.8) is 0 Å². The fraction of sp³-hybridized carbons (Fsp3) is 0.452. The molecule has 1 saturated carbocycles. The van der Waals surface area contributed by atoms with Crippen molar-refractivity contribution < 1.29 is 18.7 Å². The number of fused-ring (bicyclic) bond motifs is 1. The van der Waals surface area contributed by atoms with Crippen molar-refractivity contribution in [2.45, 2.75) is 58.7 Å². The highest BCUT2D eigenvalue weighted by Crippen LogP contribution is 2.52. The normalized spacial score (nSPS) is 17.7. The Morgan fingerprint density at radius 2 is 2.02 bits per heavy atom. The fourth-order valence-electron chi connectivity index (χ4n) is 6.33. The van der Waals surface area contributed by atoms with Crippen LogP contribution in [0.5, 0.6) is 17.2 Å². The van der Waals surface area contributed by atoms with Gasteiger partial charge in [-0.05, 0) is 76.4 Å². The van der Waals surface area contributed by atoms with Crippen molar-refractivity contribution in [1.82, 2.24) is 20.2 Å². The Hall–Kier alpha value is -3.72. The van der Waals surface area contributed by atoms with E-state index in [1.165, 1.54) is 35.7 Å². The van der Waals surface area contributed by atoms with Crippen molar-refractivity contribution in [3.05, 3.63) is 71.4 Å². The van der Waals surface area contributed by atoms with Gasteiger partial charge in [-0.1, -0.05) is 12.1 Å². The Kier molecular flexibility index (Phi) is 7.08. The predicted molar refractivity (Wildman–Crippen MR) is 151 cm³/mol. The van der Waals surface area contributed by atoms with Gasteiger partial charge in [-0.15, -0.1) is 0 Å². The Bertz CT molecular complexity index is 1400. The number of ether oxygens (including phenoxy) is 2. The first-order valence-electron chi connectivity index (χ1n) is 14.2. The van der Waals surface area contributed by atoms with E-state index in [9.17, 15) is 9.18 Å². The summed E-state index contributed by atoms with van der Waals surface area (Å²) in [5, 5.41) is 3.45. The smallest absolute Gasteiger partial charge is 0.257 e. The molecule has 210 valence electrons. The number of hydrogen-bond donors (Lipinski definition) is 1. The van der Waals surface area contributed by atoms with E-state index in [0.717, 1.165) is 51.2 Å². The molecule has 2 aliphatic heterocycles. The van der Waals surface area contributed by atoms with Gasteiger partial charge in [-0.3, -0.25) is 4.79 Å². The van der Waals surface area contributed by atoms with Crippen LogP contribution in [0.15, 0.2) is 48.9 Å². The zero-order valence-corrected chi connectivity index (χ0v) is 23.3. The number of rotatable bonds is 8. The lowest BCUT2D eigenvalue weighted by Crippen LogP contribution is -2.65. The van der Waals surface area contributed by atoms with Crippen LogP contribution < -0.4 is 19.7 Å². The predicted octanol–water partition coefficient (Wildman–Crippen LogP) is 4.97. The highest BCUT2D eigenvalue weighted by atomic mass is 19.1. The zero-order valence-electron chi connectivity index (χ0n) is 23.3. The summed E-state index contributed by atoms with van der Waals surface area (Å²) in [5.41, 5.74) is 3.06. The van der Waals surface area contributed by atoms with Crippen molar-refractivity contribution in [1.29, 1.82) is 0 Å². The van der Waals surface area contributed by atoms with Gasteiger partial charge in [0.1, 0.15) is 29.7 Å². The molecule has 8 nitrogen and oxygen atoms in total. The number of carbonyl (C=O) groups is 1. The Morgan fingerprint density at radius 3 is 2.80 bits per heavy atom. The van der Waals surface area contributed by atoms with E-state index in [2.05, 4.69) is 38.4 Å². The largest absolute Gasteiger partial charge is 0.490 e. The fourth-order valence-corrected chi connectivity index (χ4v) is 6.33. The Balaban J connectivity index is 1.13. The molecule has 40 heavy (non-hydrogen) atoms. The molecule has 3 aliphatic rings. The number of amides is 1. The third-order valence-corrected chi connectivity index (χ3v) is 8.35. The molecule has 9 heteroatoms. The maximum Gasteiger partial charge on any atom is 0.257 e. The quantitative estimate of drug-likeness (QED) is 0.428. The third kappa shape index (κ3) is 4.98. The van der Waals surface area contributed by atoms with Gasteiger partial charge in [-0.2, -0.15) is 0 Å². The van der Waals surface area contributed by atoms with Gasteiger partial charge >= 0.3 is 0 Å². The molecule has 3 heterocycles. The molecule has 2 fully saturated rings. The van der Waals surface area contributed by atoms with Crippen LogP contribution in [-0.2, 0) is 13.0 Å². The minimum Gasteiger partial charge on any atom is -0.490 e. The molecule has 1 spiro atoms. The molecule has 0 unspecified atom stereocenters. The highest BCUT2D eigenvalue weighted by molar-refractivity contribution is 5.97. The summed E-state index contributed by atoms with van der Waals surface area (Å²) in [4.78, 5) is 25.8. The van der Waals surface area contributed by atoms with Crippen molar-refractivity contribution in [3.8, 4) is 17.2 Å². The summed E-state index contributed by atoms with van der Waals surface area (Å²) in [5.74, 6) is 1.65. The lowest BCUT2D eigenvalue weighted by Gasteiger charge is -2.59. The number of anilines is 1. The maximum absolute atomic E-state index is 14.2.